The zero-order chi connectivity index (χ0) is 9.80. The summed E-state index contributed by atoms with van der Waals surface area (Å²) in [6.07, 6.45) is 5.73. The van der Waals surface area contributed by atoms with E-state index < -0.39 is 0 Å². The maximum atomic E-state index is 6.09. The van der Waals surface area contributed by atoms with Crippen LogP contribution in [0.1, 0.15) is 19.3 Å². The van der Waals surface area contributed by atoms with Crippen LogP contribution in [-0.2, 0) is 0 Å². The molecule has 1 aliphatic rings. The Balaban J connectivity index is 2.04. The van der Waals surface area contributed by atoms with Crippen molar-refractivity contribution in [1.82, 2.24) is 0 Å². The molecule has 0 spiro atoms. The monoisotopic (exact) mass is 224 g/mol. The van der Waals surface area contributed by atoms with Crippen LogP contribution in [0.4, 0.5) is 0 Å². The number of benzene rings is 1. The molecule has 1 aromatic rings. The molecular weight excluding hydrogens is 212 g/mol. The second kappa shape index (κ2) is 4.90. The third kappa shape index (κ3) is 2.79. The van der Waals surface area contributed by atoms with Gasteiger partial charge in [0, 0.05) is 4.90 Å². The molecule has 0 radical (unpaired) electrons. The van der Waals surface area contributed by atoms with Crippen LogP contribution in [0.5, 0.6) is 0 Å². The molecule has 1 aromatic carbocycles. The van der Waals surface area contributed by atoms with Gasteiger partial charge in [0.25, 0.3) is 0 Å². The van der Waals surface area contributed by atoms with Crippen molar-refractivity contribution in [2.75, 3.05) is 0 Å². The number of allylic oxidation sites excluding steroid dienone is 2. The minimum absolute atomic E-state index is 0.245. The topological polar surface area (TPSA) is 0 Å². The first-order valence-electron chi connectivity index (χ1n) is 4.92. The largest absolute Gasteiger partial charge is 0.118 e. The molecule has 0 saturated heterocycles. The maximum Gasteiger partial charge on any atom is 0.0526 e. The summed E-state index contributed by atoms with van der Waals surface area (Å²) in [5.74, 6) is 0. The van der Waals surface area contributed by atoms with Crippen LogP contribution < -0.4 is 0 Å². The van der Waals surface area contributed by atoms with Gasteiger partial charge in [-0.25, -0.2) is 0 Å². The van der Waals surface area contributed by atoms with E-state index >= 15 is 0 Å². The fraction of sp³-hybridized carbons (Fsp3) is 0.333. The molecule has 0 nitrogen and oxygen atoms in total. The van der Waals surface area contributed by atoms with E-state index in [1.54, 1.807) is 0 Å². The summed E-state index contributed by atoms with van der Waals surface area (Å²) in [6, 6.07) is 10.5. The number of rotatable bonds is 2. The number of hydrogen-bond acceptors (Lipinski definition) is 1. The lowest BCUT2D eigenvalue weighted by atomic mass is 10.1. The Bertz CT molecular complexity index is 318. The summed E-state index contributed by atoms with van der Waals surface area (Å²) in [7, 11) is 0. The Morgan fingerprint density at radius 3 is 2.71 bits per heavy atom. The Labute approximate surface area is 94.4 Å². The first kappa shape index (κ1) is 10.1. The van der Waals surface area contributed by atoms with E-state index in [0.29, 0.717) is 0 Å². The molecule has 2 heteroatoms. The van der Waals surface area contributed by atoms with Crippen LogP contribution in [0.15, 0.2) is 46.2 Å². The molecule has 1 aliphatic carbocycles. The van der Waals surface area contributed by atoms with Gasteiger partial charge in [-0.15, -0.1) is 11.6 Å². The standard InChI is InChI=1S/C12H13ClS/c13-10-5-4-8-12(9-10)14-11-6-2-1-3-7-11/h1-3,6-7,9-10H,4-5,8H2. The number of thioether (sulfide) groups is 1. The number of alkyl halides is 1. The van der Waals surface area contributed by atoms with E-state index in [0.717, 1.165) is 6.42 Å². The highest BCUT2D eigenvalue weighted by atomic mass is 35.5. The minimum Gasteiger partial charge on any atom is -0.118 e. The van der Waals surface area contributed by atoms with E-state index in [-0.39, 0.29) is 5.38 Å². The Kier molecular flexibility index (Phi) is 3.55. The fourth-order valence-corrected chi connectivity index (χ4v) is 3.02. The fourth-order valence-electron chi connectivity index (χ4n) is 1.56. The molecule has 0 amide bonds. The molecule has 0 N–H and O–H groups in total. The van der Waals surface area contributed by atoms with Gasteiger partial charge in [-0.1, -0.05) is 36.0 Å². The van der Waals surface area contributed by atoms with E-state index in [1.807, 2.05) is 17.8 Å². The quantitative estimate of drug-likeness (QED) is 0.669. The SMILES string of the molecule is ClC1C=C(Sc2ccccc2)CCC1. The highest BCUT2D eigenvalue weighted by Gasteiger charge is 2.11. The zero-order valence-electron chi connectivity index (χ0n) is 7.95. The molecule has 1 atom stereocenters. The van der Waals surface area contributed by atoms with Crippen molar-refractivity contribution in [3.8, 4) is 0 Å². The Hall–Kier alpha value is -0.400. The molecule has 2 rings (SSSR count). The van der Waals surface area contributed by atoms with Crippen LogP contribution in [0.25, 0.3) is 0 Å². The molecule has 0 fully saturated rings. The van der Waals surface area contributed by atoms with Gasteiger partial charge in [0.1, 0.15) is 0 Å². The highest BCUT2D eigenvalue weighted by molar-refractivity contribution is 8.03. The van der Waals surface area contributed by atoms with Crippen LogP contribution >= 0.6 is 23.4 Å². The first-order valence-corrected chi connectivity index (χ1v) is 6.17. The Morgan fingerprint density at radius 2 is 2.00 bits per heavy atom. The van der Waals surface area contributed by atoms with Gasteiger partial charge in [0.2, 0.25) is 0 Å². The van der Waals surface area contributed by atoms with E-state index in [9.17, 15) is 0 Å². The first-order chi connectivity index (χ1) is 6.84. The summed E-state index contributed by atoms with van der Waals surface area (Å²) in [5, 5.41) is 0.245. The van der Waals surface area contributed by atoms with Crippen LogP contribution in [0, 0.1) is 0 Å². The third-order valence-electron chi connectivity index (χ3n) is 2.26. The van der Waals surface area contributed by atoms with Crippen molar-refractivity contribution in [2.24, 2.45) is 0 Å². The molecule has 74 valence electrons. The van der Waals surface area contributed by atoms with Crippen molar-refractivity contribution in [2.45, 2.75) is 29.5 Å². The lowest BCUT2D eigenvalue weighted by Gasteiger charge is -2.15. The van der Waals surface area contributed by atoms with Crippen LogP contribution in [0.2, 0.25) is 0 Å². The summed E-state index contributed by atoms with van der Waals surface area (Å²) in [4.78, 5) is 2.73. The minimum atomic E-state index is 0.245. The molecule has 0 heterocycles. The lowest BCUT2D eigenvalue weighted by Crippen LogP contribution is -2.01. The van der Waals surface area contributed by atoms with Crippen molar-refractivity contribution in [3.63, 3.8) is 0 Å². The second-order valence-electron chi connectivity index (χ2n) is 3.46. The molecule has 14 heavy (non-hydrogen) atoms. The van der Waals surface area contributed by atoms with E-state index in [4.69, 9.17) is 11.6 Å². The number of hydrogen-bond donors (Lipinski definition) is 0. The van der Waals surface area contributed by atoms with Gasteiger partial charge in [0.15, 0.2) is 0 Å². The highest BCUT2D eigenvalue weighted by Crippen LogP contribution is 2.34. The summed E-state index contributed by atoms with van der Waals surface area (Å²) in [5.41, 5.74) is 0. The van der Waals surface area contributed by atoms with Gasteiger partial charge in [-0.2, -0.15) is 0 Å². The number of halogens is 1. The second-order valence-corrected chi connectivity index (χ2v) is 5.22. The molecule has 0 aromatic heterocycles. The van der Waals surface area contributed by atoms with Crippen LogP contribution in [0.3, 0.4) is 0 Å². The molecule has 0 saturated carbocycles. The predicted octanol–water partition coefficient (Wildman–Crippen LogP) is 4.45. The smallest absolute Gasteiger partial charge is 0.0526 e. The molecule has 0 aliphatic heterocycles. The van der Waals surface area contributed by atoms with Crippen molar-refractivity contribution >= 4 is 23.4 Å². The van der Waals surface area contributed by atoms with Gasteiger partial charge >= 0.3 is 0 Å². The van der Waals surface area contributed by atoms with Crippen LogP contribution in [-0.4, -0.2) is 5.38 Å². The summed E-state index contributed by atoms with van der Waals surface area (Å²) < 4.78 is 0. The van der Waals surface area contributed by atoms with Gasteiger partial charge in [-0.3, -0.25) is 0 Å². The van der Waals surface area contributed by atoms with Gasteiger partial charge in [-0.05, 0) is 36.3 Å². The third-order valence-corrected chi connectivity index (χ3v) is 3.72. The molecule has 1 unspecified atom stereocenters. The zero-order valence-corrected chi connectivity index (χ0v) is 9.52. The lowest BCUT2D eigenvalue weighted by molar-refractivity contribution is 0.729. The van der Waals surface area contributed by atoms with Crippen molar-refractivity contribution in [3.05, 3.63) is 41.3 Å². The summed E-state index contributed by atoms with van der Waals surface area (Å²) in [6.45, 7) is 0. The molecule has 0 bridgehead atoms. The normalized spacial score (nSPS) is 21.8. The predicted molar refractivity (Wildman–Crippen MR) is 63.9 cm³/mol. The van der Waals surface area contributed by atoms with Gasteiger partial charge in [0.05, 0.1) is 5.38 Å². The van der Waals surface area contributed by atoms with E-state index in [2.05, 4.69) is 30.3 Å². The maximum absolute atomic E-state index is 6.09. The molecular formula is C12H13ClS. The average Bonchev–Trinajstić information content (AvgIpc) is 2.19. The van der Waals surface area contributed by atoms with E-state index in [1.165, 1.54) is 22.6 Å². The van der Waals surface area contributed by atoms with Gasteiger partial charge < -0.3 is 0 Å². The Morgan fingerprint density at radius 1 is 1.21 bits per heavy atom. The van der Waals surface area contributed by atoms with Crippen molar-refractivity contribution < 1.29 is 0 Å². The summed E-state index contributed by atoms with van der Waals surface area (Å²) >= 11 is 7.93. The average molecular weight is 225 g/mol. The van der Waals surface area contributed by atoms with Crippen molar-refractivity contribution in [1.29, 1.82) is 0 Å².